The maximum Gasteiger partial charge on any atom is 0.222 e. The second kappa shape index (κ2) is 5.91. The summed E-state index contributed by atoms with van der Waals surface area (Å²) in [4.78, 5) is 16.0. The molecular weight excluding hydrogens is 332 g/mol. The van der Waals surface area contributed by atoms with E-state index in [0.29, 0.717) is 11.9 Å². The van der Waals surface area contributed by atoms with Crippen LogP contribution in [-0.2, 0) is 11.5 Å². The van der Waals surface area contributed by atoms with Gasteiger partial charge in [-0.2, -0.15) is 16.7 Å². The molecule has 5 rings (SSSR count). The quantitative estimate of drug-likeness (QED) is 0.765. The summed E-state index contributed by atoms with van der Waals surface area (Å²) >= 11 is 1.89. The van der Waals surface area contributed by atoms with E-state index in [1.54, 1.807) is 0 Å². The van der Waals surface area contributed by atoms with Gasteiger partial charge in [-0.05, 0) is 25.0 Å². The number of nitrogens with two attached hydrogens (primary N) is 1. The predicted molar refractivity (Wildman–Crippen MR) is 101 cm³/mol. The molecule has 3 aromatic heterocycles. The minimum atomic E-state index is 0.396. The Labute approximate surface area is 150 Å². The van der Waals surface area contributed by atoms with Crippen molar-refractivity contribution in [3.8, 4) is 0 Å². The van der Waals surface area contributed by atoms with Gasteiger partial charge < -0.3 is 15.0 Å². The summed E-state index contributed by atoms with van der Waals surface area (Å²) in [5.74, 6) is 3.83. The molecule has 0 saturated carbocycles. The van der Waals surface area contributed by atoms with Crippen LogP contribution in [-0.4, -0.2) is 32.4 Å². The molecule has 5 heterocycles. The highest BCUT2D eigenvalue weighted by Gasteiger charge is 2.28. The van der Waals surface area contributed by atoms with Gasteiger partial charge in [0.05, 0.1) is 5.69 Å². The van der Waals surface area contributed by atoms with Gasteiger partial charge in [0.25, 0.3) is 0 Å². The lowest BCUT2D eigenvalue weighted by atomic mass is 9.94. The van der Waals surface area contributed by atoms with Crippen molar-refractivity contribution in [1.29, 1.82) is 0 Å². The number of rotatable bonds is 2. The summed E-state index contributed by atoms with van der Waals surface area (Å²) in [7, 11) is 0. The molecule has 6 nitrogen and oxygen atoms in total. The van der Waals surface area contributed by atoms with Crippen LogP contribution in [0.25, 0.3) is 5.65 Å². The number of piperidine rings is 1. The van der Waals surface area contributed by atoms with Crippen LogP contribution in [0.4, 0.5) is 11.8 Å². The molecule has 128 valence electrons. The molecule has 7 heteroatoms. The maximum absolute atomic E-state index is 5.97. The lowest BCUT2D eigenvalue weighted by Gasteiger charge is -2.34. The molecule has 25 heavy (non-hydrogen) atoms. The standard InChI is InChI=1S/C18H20N6S/c19-18-21-14-11-25-10-13(14)17(22-18)23-6-3-4-12(9-23)15-8-20-16-5-1-2-7-24(15)16/h1-2,5,7-8,12H,3-4,6,9-11H2,(H2,19,21,22). The van der Waals surface area contributed by atoms with Gasteiger partial charge in [0.1, 0.15) is 11.5 Å². The van der Waals surface area contributed by atoms with E-state index < -0.39 is 0 Å². The molecule has 1 unspecified atom stereocenters. The van der Waals surface area contributed by atoms with Crippen LogP contribution >= 0.6 is 11.8 Å². The number of thioether (sulfide) groups is 1. The molecule has 3 aromatic rings. The summed E-state index contributed by atoms with van der Waals surface area (Å²) < 4.78 is 2.21. The van der Waals surface area contributed by atoms with Crippen molar-refractivity contribution in [2.24, 2.45) is 0 Å². The number of hydrogen-bond donors (Lipinski definition) is 1. The number of imidazole rings is 1. The third-order valence-electron chi connectivity index (χ3n) is 5.16. The van der Waals surface area contributed by atoms with Gasteiger partial charge in [0.2, 0.25) is 5.95 Å². The molecule has 0 amide bonds. The number of nitrogens with zero attached hydrogens (tertiary/aromatic N) is 5. The second-order valence-corrected chi connectivity index (χ2v) is 7.71. The summed E-state index contributed by atoms with van der Waals surface area (Å²) in [6.45, 7) is 1.98. The number of pyridine rings is 1. The smallest absolute Gasteiger partial charge is 0.222 e. The first-order valence-electron chi connectivity index (χ1n) is 8.69. The molecule has 0 spiro atoms. The third-order valence-corrected chi connectivity index (χ3v) is 6.13. The van der Waals surface area contributed by atoms with Gasteiger partial charge in [-0.3, -0.25) is 0 Å². The van der Waals surface area contributed by atoms with Crippen molar-refractivity contribution < 1.29 is 0 Å². The van der Waals surface area contributed by atoms with Crippen molar-refractivity contribution in [2.75, 3.05) is 23.7 Å². The summed E-state index contributed by atoms with van der Waals surface area (Å²) in [5.41, 5.74) is 10.7. The Kier molecular flexibility index (Phi) is 3.55. The van der Waals surface area contributed by atoms with Crippen LogP contribution < -0.4 is 10.6 Å². The number of aromatic nitrogens is 4. The van der Waals surface area contributed by atoms with E-state index >= 15 is 0 Å². The van der Waals surface area contributed by atoms with Crippen molar-refractivity contribution in [1.82, 2.24) is 19.4 Å². The molecule has 1 fully saturated rings. The van der Waals surface area contributed by atoms with Crippen molar-refractivity contribution in [3.63, 3.8) is 0 Å². The van der Waals surface area contributed by atoms with E-state index in [9.17, 15) is 0 Å². The highest BCUT2D eigenvalue weighted by molar-refractivity contribution is 7.98. The molecule has 2 aliphatic heterocycles. The Morgan fingerprint density at radius 1 is 1.20 bits per heavy atom. The number of hydrogen-bond acceptors (Lipinski definition) is 6. The van der Waals surface area contributed by atoms with Gasteiger partial charge >= 0.3 is 0 Å². The molecule has 1 saturated heterocycles. The predicted octanol–water partition coefficient (Wildman–Crippen LogP) is 2.84. The maximum atomic E-state index is 5.97. The third kappa shape index (κ3) is 2.54. The lowest BCUT2D eigenvalue weighted by molar-refractivity contribution is 0.495. The van der Waals surface area contributed by atoms with Crippen LogP contribution in [0.1, 0.15) is 35.7 Å². The Bertz CT molecular complexity index is 936. The van der Waals surface area contributed by atoms with Crippen molar-refractivity contribution in [3.05, 3.63) is 47.5 Å². The van der Waals surface area contributed by atoms with Crippen LogP contribution in [0.15, 0.2) is 30.6 Å². The molecule has 1 atom stereocenters. The van der Waals surface area contributed by atoms with E-state index in [1.807, 2.05) is 24.0 Å². The van der Waals surface area contributed by atoms with Gasteiger partial charge in [0, 0.05) is 54.2 Å². The van der Waals surface area contributed by atoms with Crippen LogP contribution in [0, 0.1) is 0 Å². The molecule has 0 radical (unpaired) electrons. The van der Waals surface area contributed by atoms with Crippen molar-refractivity contribution >= 4 is 29.2 Å². The fraction of sp³-hybridized carbons (Fsp3) is 0.389. The van der Waals surface area contributed by atoms with Gasteiger partial charge in [-0.25, -0.2) is 9.97 Å². The molecule has 2 aliphatic rings. The van der Waals surface area contributed by atoms with Crippen LogP contribution in [0.3, 0.4) is 0 Å². The van der Waals surface area contributed by atoms with E-state index in [0.717, 1.165) is 48.2 Å². The monoisotopic (exact) mass is 352 g/mol. The largest absolute Gasteiger partial charge is 0.368 e. The first kappa shape index (κ1) is 15.0. The zero-order valence-corrected chi connectivity index (χ0v) is 14.7. The Balaban J connectivity index is 1.49. The van der Waals surface area contributed by atoms with E-state index in [-0.39, 0.29) is 0 Å². The van der Waals surface area contributed by atoms with Crippen LogP contribution in [0.2, 0.25) is 0 Å². The second-order valence-electron chi connectivity index (χ2n) is 6.72. The van der Waals surface area contributed by atoms with E-state index in [1.165, 1.54) is 17.7 Å². The zero-order valence-electron chi connectivity index (χ0n) is 13.9. The number of anilines is 2. The van der Waals surface area contributed by atoms with Crippen molar-refractivity contribution in [2.45, 2.75) is 30.3 Å². The number of nitrogen functional groups attached to an aromatic ring is 1. The summed E-state index contributed by atoms with van der Waals surface area (Å²) in [6, 6.07) is 6.15. The first-order chi connectivity index (χ1) is 12.3. The number of fused-ring (bicyclic) bond motifs is 2. The molecule has 0 aliphatic carbocycles. The molecular formula is C18H20N6S. The fourth-order valence-electron chi connectivity index (χ4n) is 3.98. The molecule has 0 bridgehead atoms. The van der Waals surface area contributed by atoms with Gasteiger partial charge in [-0.15, -0.1) is 0 Å². The highest BCUT2D eigenvalue weighted by Crippen LogP contribution is 2.37. The minimum absolute atomic E-state index is 0.396. The Hall–Kier alpha value is -2.28. The van der Waals surface area contributed by atoms with Gasteiger partial charge in [0.15, 0.2) is 0 Å². The van der Waals surface area contributed by atoms with Gasteiger partial charge in [-0.1, -0.05) is 6.07 Å². The lowest BCUT2D eigenvalue weighted by Crippen LogP contribution is -2.36. The zero-order chi connectivity index (χ0) is 16.8. The normalized spacial score (nSPS) is 20.2. The van der Waals surface area contributed by atoms with E-state index in [2.05, 4.69) is 42.6 Å². The van der Waals surface area contributed by atoms with Crippen LogP contribution in [0.5, 0.6) is 0 Å². The topological polar surface area (TPSA) is 72.3 Å². The SMILES string of the molecule is Nc1nc2c(c(N3CCCC(c4cnc5ccccn45)C3)n1)CSC2. The Morgan fingerprint density at radius 2 is 2.16 bits per heavy atom. The summed E-state index contributed by atoms with van der Waals surface area (Å²) in [5, 5.41) is 0. The first-order valence-corrected chi connectivity index (χ1v) is 9.85. The highest BCUT2D eigenvalue weighted by atomic mass is 32.2. The average Bonchev–Trinajstić information content (AvgIpc) is 3.27. The Morgan fingerprint density at radius 3 is 3.12 bits per heavy atom. The van der Waals surface area contributed by atoms with E-state index in [4.69, 9.17) is 5.73 Å². The fourth-order valence-corrected chi connectivity index (χ4v) is 5.01. The minimum Gasteiger partial charge on any atom is -0.368 e. The summed E-state index contributed by atoms with van der Waals surface area (Å²) in [6.07, 6.45) is 6.46. The molecule has 0 aromatic carbocycles. The average molecular weight is 352 g/mol. The molecule has 2 N–H and O–H groups in total.